The molecule has 5 rings (SSSR count). The first-order valence-electron chi connectivity index (χ1n) is 9.54. The van der Waals surface area contributed by atoms with Crippen molar-refractivity contribution in [3.05, 3.63) is 58.3 Å². The quantitative estimate of drug-likeness (QED) is 0.477. The third-order valence-corrected chi connectivity index (χ3v) is 5.83. The van der Waals surface area contributed by atoms with Gasteiger partial charge in [-0.15, -0.1) is 5.10 Å². The van der Waals surface area contributed by atoms with Crippen molar-refractivity contribution in [3.63, 3.8) is 0 Å². The molecule has 4 aromatic rings. The molecule has 0 radical (unpaired) electrons. The molecule has 2 aromatic heterocycles. The first-order valence-corrected chi connectivity index (χ1v) is 10.3. The van der Waals surface area contributed by atoms with Gasteiger partial charge in [0.1, 0.15) is 11.6 Å². The van der Waals surface area contributed by atoms with Gasteiger partial charge in [-0.05, 0) is 43.2 Å². The Hall–Kier alpha value is -2.90. The van der Waals surface area contributed by atoms with E-state index in [1.165, 1.54) is 6.07 Å². The monoisotopic (exact) mass is 442 g/mol. The summed E-state index contributed by atoms with van der Waals surface area (Å²) in [6.45, 7) is 1.74. The highest BCUT2D eigenvalue weighted by Crippen LogP contribution is 2.36. The lowest BCUT2D eigenvalue weighted by molar-refractivity contribution is 0.628. The molecular weight excluding hydrogens is 426 g/mol. The molecule has 9 heteroatoms. The van der Waals surface area contributed by atoms with Gasteiger partial charge in [0.2, 0.25) is 5.95 Å². The molecule has 152 valence electrons. The smallest absolute Gasteiger partial charge is 0.228 e. The number of rotatable bonds is 3. The lowest BCUT2D eigenvalue weighted by Gasteiger charge is -2.16. The van der Waals surface area contributed by atoms with Crippen molar-refractivity contribution in [1.82, 2.24) is 19.7 Å². The second-order valence-corrected chi connectivity index (χ2v) is 7.96. The zero-order valence-corrected chi connectivity index (χ0v) is 17.3. The molecule has 0 saturated carbocycles. The van der Waals surface area contributed by atoms with E-state index in [1.54, 1.807) is 22.9 Å². The Kier molecular flexibility index (Phi) is 4.72. The summed E-state index contributed by atoms with van der Waals surface area (Å²) in [5.41, 5.74) is 8.77. The van der Waals surface area contributed by atoms with E-state index in [-0.39, 0.29) is 5.02 Å². The van der Waals surface area contributed by atoms with Crippen LogP contribution in [0.3, 0.4) is 0 Å². The van der Waals surface area contributed by atoms with Gasteiger partial charge in [-0.1, -0.05) is 35.3 Å². The van der Waals surface area contributed by atoms with E-state index in [4.69, 9.17) is 33.9 Å². The minimum atomic E-state index is -0.495. The van der Waals surface area contributed by atoms with E-state index in [0.717, 1.165) is 25.9 Å². The Morgan fingerprint density at radius 2 is 1.73 bits per heavy atom. The summed E-state index contributed by atoms with van der Waals surface area (Å²) in [4.78, 5) is 11.6. The molecule has 6 nitrogen and oxygen atoms in total. The van der Waals surface area contributed by atoms with Crippen molar-refractivity contribution in [3.8, 4) is 16.9 Å². The predicted octanol–water partition coefficient (Wildman–Crippen LogP) is 5.11. The van der Waals surface area contributed by atoms with Gasteiger partial charge in [0.25, 0.3) is 0 Å². The van der Waals surface area contributed by atoms with Crippen LogP contribution in [-0.4, -0.2) is 32.8 Å². The summed E-state index contributed by atoms with van der Waals surface area (Å²) < 4.78 is 15.3. The number of anilines is 2. The maximum Gasteiger partial charge on any atom is 0.228 e. The molecule has 2 aromatic carbocycles. The van der Waals surface area contributed by atoms with Crippen LogP contribution in [0, 0.1) is 5.82 Å². The molecule has 30 heavy (non-hydrogen) atoms. The molecule has 0 bridgehead atoms. The van der Waals surface area contributed by atoms with E-state index in [1.807, 2.05) is 18.2 Å². The number of nitrogens with zero attached hydrogens (tertiary/aromatic N) is 5. The van der Waals surface area contributed by atoms with Gasteiger partial charge in [0.15, 0.2) is 5.65 Å². The summed E-state index contributed by atoms with van der Waals surface area (Å²) >= 11 is 12.4. The fraction of sp³-hybridized carbons (Fsp3) is 0.190. The molecule has 0 spiro atoms. The molecule has 0 aliphatic carbocycles. The van der Waals surface area contributed by atoms with Crippen LogP contribution in [0.1, 0.15) is 12.8 Å². The first kappa shape index (κ1) is 19.1. The number of hydrogen-bond donors (Lipinski definition) is 1. The molecule has 1 aliphatic rings. The van der Waals surface area contributed by atoms with E-state index >= 15 is 0 Å². The molecule has 0 unspecified atom stereocenters. The average molecular weight is 443 g/mol. The highest BCUT2D eigenvalue weighted by atomic mass is 35.5. The standard InChI is InChI=1S/C21H17Cl2FN6/c22-13-5-1-2-6-16(13)30-19(25)17-18(12-7-8-15(24)14(23)11-12)26-21(27-20(17)28-30)29-9-3-4-10-29/h1-2,5-8,11H,3-4,9-10,25H2. The van der Waals surface area contributed by atoms with Crippen molar-refractivity contribution in [2.45, 2.75) is 12.8 Å². The number of hydrogen-bond acceptors (Lipinski definition) is 5. The summed E-state index contributed by atoms with van der Waals surface area (Å²) in [7, 11) is 0. The summed E-state index contributed by atoms with van der Waals surface area (Å²) in [6, 6.07) is 11.8. The number of nitrogens with two attached hydrogens (primary N) is 1. The van der Waals surface area contributed by atoms with Crippen LogP contribution >= 0.6 is 23.2 Å². The van der Waals surface area contributed by atoms with E-state index < -0.39 is 5.82 Å². The minimum Gasteiger partial charge on any atom is -0.383 e. The fourth-order valence-electron chi connectivity index (χ4n) is 3.72. The number of fused-ring (bicyclic) bond motifs is 1. The van der Waals surface area contributed by atoms with Crippen LogP contribution in [0.2, 0.25) is 10.0 Å². The number of halogens is 3. The molecule has 3 heterocycles. The highest BCUT2D eigenvalue weighted by Gasteiger charge is 2.23. The third-order valence-electron chi connectivity index (χ3n) is 5.22. The molecule has 1 saturated heterocycles. The van der Waals surface area contributed by atoms with Crippen LogP contribution in [0.15, 0.2) is 42.5 Å². The predicted molar refractivity (Wildman–Crippen MR) is 118 cm³/mol. The zero-order valence-electron chi connectivity index (χ0n) is 15.8. The van der Waals surface area contributed by atoms with Crippen molar-refractivity contribution < 1.29 is 4.39 Å². The van der Waals surface area contributed by atoms with Gasteiger partial charge >= 0.3 is 0 Å². The van der Waals surface area contributed by atoms with E-state index in [0.29, 0.717) is 44.8 Å². The number of benzene rings is 2. The van der Waals surface area contributed by atoms with Crippen LogP contribution in [-0.2, 0) is 0 Å². The van der Waals surface area contributed by atoms with Crippen LogP contribution in [0.4, 0.5) is 16.2 Å². The lowest BCUT2D eigenvalue weighted by Crippen LogP contribution is -2.20. The first-order chi connectivity index (χ1) is 14.5. The van der Waals surface area contributed by atoms with Crippen LogP contribution in [0.5, 0.6) is 0 Å². The van der Waals surface area contributed by atoms with Gasteiger partial charge in [-0.3, -0.25) is 0 Å². The Morgan fingerprint density at radius 3 is 2.47 bits per heavy atom. The van der Waals surface area contributed by atoms with Crippen molar-refractivity contribution >= 4 is 46.0 Å². The zero-order chi connectivity index (χ0) is 20.8. The topological polar surface area (TPSA) is 72.9 Å². The summed E-state index contributed by atoms with van der Waals surface area (Å²) in [5, 5.41) is 5.72. The highest BCUT2D eigenvalue weighted by molar-refractivity contribution is 6.32. The number of nitrogen functional groups attached to an aromatic ring is 1. The van der Waals surface area contributed by atoms with Crippen molar-refractivity contribution in [2.24, 2.45) is 0 Å². The minimum absolute atomic E-state index is 0.0130. The second-order valence-electron chi connectivity index (χ2n) is 7.14. The van der Waals surface area contributed by atoms with Crippen LogP contribution in [0.25, 0.3) is 28.0 Å². The maximum absolute atomic E-state index is 13.8. The second kappa shape index (κ2) is 7.41. The van der Waals surface area contributed by atoms with E-state index in [2.05, 4.69) is 15.0 Å². The Morgan fingerprint density at radius 1 is 0.967 bits per heavy atom. The molecule has 1 aliphatic heterocycles. The Labute approximate surface area is 182 Å². The third kappa shape index (κ3) is 3.14. The largest absolute Gasteiger partial charge is 0.383 e. The summed E-state index contributed by atoms with van der Waals surface area (Å²) in [5.74, 6) is 0.422. The van der Waals surface area contributed by atoms with Gasteiger partial charge in [-0.25, -0.2) is 14.1 Å². The maximum atomic E-state index is 13.8. The average Bonchev–Trinajstić information content (AvgIpc) is 3.39. The van der Waals surface area contributed by atoms with Crippen molar-refractivity contribution in [2.75, 3.05) is 23.7 Å². The molecule has 0 atom stereocenters. The van der Waals surface area contributed by atoms with Gasteiger partial charge in [-0.2, -0.15) is 4.98 Å². The lowest BCUT2D eigenvalue weighted by atomic mass is 10.1. The Balaban J connectivity index is 1.79. The molecule has 1 fully saturated rings. The fourth-order valence-corrected chi connectivity index (χ4v) is 4.11. The van der Waals surface area contributed by atoms with Gasteiger partial charge < -0.3 is 10.6 Å². The normalized spacial score (nSPS) is 14.0. The Bertz CT molecular complexity index is 1270. The molecular formula is C21H17Cl2FN6. The van der Waals surface area contributed by atoms with Crippen molar-refractivity contribution in [1.29, 1.82) is 0 Å². The number of para-hydroxylation sites is 1. The molecule has 2 N–H and O–H groups in total. The van der Waals surface area contributed by atoms with E-state index in [9.17, 15) is 4.39 Å². The SMILES string of the molecule is Nc1c2c(-c3ccc(F)c(Cl)c3)nc(N3CCCC3)nc2nn1-c1ccccc1Cl. The summed E-state index contributed by atoms with van der Waals surface area (Å²) in [6.07, 6.45) is 2.16. The number of aromatic nitrogens is 4. The molecule has 0 amide bonds. The van der Waals surface area contributed by atoms with Gasteiger partial charge in [0.05, 0.1) is 26.8 Å². The van der Waals surface area contributed by atoms with Gasteiger partial charge in [0, 0.05) is 18.7 Å². The van der Waals surface area contributed by atoms with Crippen LogP contribution < -0.4 is 10.6 Å².